The van der Waals surface area contributed by atoms with Gasteiger partial charge in [-0.15, -0.1) is 5.10 Å². The summed E-state index contributed by atoms with van der Waals surface area (Å²) in [6.45, 7) is 0.672. The summed E-state index contributed by atoms with van der Waals surface area (Å²) in [5, 5.41) is 5.26. The topological polar surface area (TPSA) is 83.5 Å². The van der Waals surface area contributed by atoms with E-state index in [0.29, 0.717) is 29.4 Å². The van der Waals surface area contributed by atoms with E-state index < -0.39 is 0 Å². The molecule has 0 N–H and O–H groups in total. The minimum absolute atomic E-state index is 0.103. The van der Waals surface area contributed by atoms with Gasteiger partial charge in [0.15, 0.2) is 17.3 Å². The summed E-state index contributed by atoms with van der Waals surface area (Å²) in [6, 6.07) is 7.64. The molecular formula is C22H21N5O3. The predicted octanol–water partition coefficient (Wildman–Crippen LogP) is 3.26. The fourth-order valence-electron chi connectivity index (χ4n) is 4.47. The van der Waals surface area contributed by atoms with Crippen LogP contribution in [0.4, 0.5) is 0 Å². The average molecular weight is 403 g/mol. The van der Waals surface area contributed by atoms with Gasteiger partial charge in [0.25, 0.3) is 11.3 Å². The van der Waals surface area contributed by atoms with Gasteiger partial charge in [0.1, 0.15) is 0 Å². The molecule has 1 aliphatic carbocycles. The first kappa shape index (κ1) is 17.4. The minimum Gasteiger partial charge on any atom is -0.454 e. The molecule has 152 valence electrons. The molecule has 0 bridgehead atoms. The Labute approximate surface area is 172 Å². The highest BCUT2D eigenvalue weighted by Gasteiger charge is 2.21. The molecular weight excluding hydrogens is 382 g/mol. The first-order valence-corrected chi connectivity index (χ1v) is 10.4. The van der Waals surface area contributed by atoms with Crippen molar-refractivity contribution in [3.05, 3.63) is 58.4 Å². The Hall–Kier alpha value is -3.42. The maximum atomic E-state index is 13.1. The largest absolute Gasteiger partial charge is 0.454 e. The van der Waals surface area contributed by atoms with Gasteiger partial charge < -0.3 is 14.0 Å². The van der Waals surface area contributed by atoms with Crippen molar-refractivity contribution in [3.63, 3.8) is 0 Å². The van der Waals surface area contributed by atoms with Crippen molar-refractivity contribution in [2.75, 3.05) is 6.79 Å². The second-order valence-electron chi connectivity index (χ2n) is 8.01. The van der Waals surface area contributed by atoms with E-state index in [1.54, 1.807) is 21.5 Å². The summed E-state index contributed by atoms with van der Waals surface area (Å²) in [6.07, 6.45) is 9.39. The number of rotatable bonds is 3. The van der Waals surface area contributed by atoms with Gasteiger partial charge in [-0.25, -0.2) is 4.98 Å². The standard InChI is InChI=1S/C22H21N5O3/c28-21-16-11-23-22-24-20(15-4-2-1-3-5-15)25-27(22)17(16)8-9-26(21)12-14-6-7-18-19(10-14)30-13-29-18/h6-11,15H,1-5,12-13H2. The van der Waals surface area contributed by atoms with Crippen molar-refractivity contribution in [2.24, 2.45) is 0 Å². The minimum atomic E-state index is -0.103. The normalized spacial score (nSPS) is 16.5. The lowest BCUT2D eigenvalue weighted by molar-refractivity contribution is 0.174. The zero-order valence-corrected chi connectivity index (χ0v) is 16.5. The molecule has 6 rings (SSSR count). The smallest absolute Gasteiger partial charge is 0.261 e. The number of hydrogen-bond acceptors (Lipinski definition) is 6. The number of benzene rings is 1. The fraction of sp³-hybridized carbons (Fsp3) is 0.364. The Kier molecular flexibility index (Phi) is 3.97. The third kappa shape index (κ3) is 2.82. The third-order valence-electron chi connectivity index (χ3n) is 6.08. The Morgan fingerprint density at radius 3 is 2.83 bits per heavy atom. The molecule has 8 nitrogen and oxygen atoms in total. The van der Waals surface area contributed by atoms with E-state index in [1.807, 2.05) is 24.3 Å². The lowest BCUT2D eigenvalue weighted by atomic mass is 9.89. The van der Waals surface area contributed by atoms with Crippen molar-refractivity contribution >= 4 is 16.7 Å². The Balaban J connectivity index is 1.38. The fourth-order valence-corrected chi connectivity index (χ4v) is 4.47. The van der Waals surface area contributed by atoms with E-state index in [9.17, 15) is 4.79 Å². The number of fused-ring (bicyclic) bond motifs is 4. The summed E-state index contributed by atoms with van der Waals surface area (Å²) in [5.41, 5.74) is 1.60. The van der Waals surface area contributed by atoms with Crippen LogP contribution < -0.4 is 15.0 Å². The highest BCUT2D eigenvalue weighted by atomic mass is 16.7. The molecule has 1 aliphatic heterocycles. The van der Waals surface area contributed by atoms with Crippen molar-refractivity contribution in [1.82, 2.24) is 24.1 Å². The van der Waals surface area contributed by atoms with E-state index in [2.05, 4.69) is 9.97 Å². The molecule has 1 saturated carbocycles. The molecule has 4 heterocycles. The van der Waals surface area contributed by atoms with E-state index in [1.165, 1.54) is 19.3 Å². The molecule has 1 aromatic carbocycles. The second kappa shape index (κ2) is 6.83. The van der Waals surface area contributed by atoms with Crippen LogP contribution in [0.15, 0.2) is 41.5 Å². The second-order valence-corrected chi connectivity index (χ2v) is 8.01. The van der Waals surface area contributed by atoms with Crippen molar-refractivity contribution < 1.29 is 9.47 Å². The van der Waals surface area contributed by atoms with Crippen LogP contribution in [0.1, 0.15) is 49.4 Å². The van der Waals surface area contributed by atoms with Crippen molar-refractivity contribution in [3.8, 4) is 11.5 Å². The first-order chi connectivity index (χ1) is 14.8. The quantitative estimate of drug-likeness (QED) is 0.522. The molecule has 0 radical (unpaired) electrons. The summed E-state index contributed by atoms with van der Waals surface area (Å²) < 4.78 is 14.2. The molecule has 0 unspecified atom stereocenters. The van der Waals surface area contributed by atoms with E-state index >= 15 is 0 Å². The lowest BCUT2D eigenvalue weighted by Gasteiger charge is -2.17. The zero-order chi connectivity index (χ0) is 20.1. The molecule has 4 aromatic rings. The van der Waals surface area contributed by atoms with Crippen molar-refractivity contribution in [1.29, 1.82) is 0 Å². The molecule has 30 heavy (non-hydrogen) atoms. The Morgan fingerprint density at radius 1 is 1.07 bits per heavy atom. The molecule has 1 fully saturated rings. The van der Waals surface area contributed by atoms with Crippen LogP contribution >= 0.6 is 0 Å². The summed E-state index contributed by atoms with van der Waals surface area (Å²) in [4.78, 5) is 22.2. The molecule has 0 amide bonds. The van der Waals surface area contributed by atoms with Crippen LogP contribution in [0.2, 0.25) is 0 Å². The Morgan fingerprint density at radius 2 is 1.93 bits per heavy atom. The maximum Gasteiger partial charge on any atom is 0.261 e. The van der Waals surface area contributed by atoms with Crippen LogP contribution in [-0.4, -0.2) is 30.9 Å². The van der Waals surface area contributed by atoms with Gasteiger partial charge in [0.05, 0.1) is 17.4 Å². The molecule has 0 atom stereocenters. The van der Waals surface area contributed by atoms with E-state index in [-0.39, 0.29) is 12.4 Å². The number of hydrogen-bond donors (Lipinski definition) is 0. The first-order valence-electron chi connectivity index (χ1n) is 10.4. The average Bonchev–Trinajstić information content (AvgIpc) is 3.43. The molecule has 0 saturated heterocycles. The monoisotopic (exact) mass is 403 g/mol. The SMILES string of the molecule is O=c1c2cnc3nc(C4CCCCC4)nn3c2ccn1Cc1ccc2c(c1)OCO2. The summed E-state index contributed by atoms with van der Waals surface area (Å²) >= 11 is 0. The van der Waals surface area contributed by atoms with Gasteiger partial charge in [-0.1, -0.05) is 25.3 Å². The van der Waals surface area contributed by atoms with Crippen molar-refractivity contribution in [2.45, 2.75) is 44.6 Å². The highest BCUT2D eigenvalue weighted by Crippen LogP contribution is 2.33. The van der Waals surface area contributed by atoms with Crippen LogP contribution in [0.5, 0.6) is 11.5 Å². The van der Waals surface area contributed by atoms with Gasteiger partial charge in [-0.3, -0.25) is 4.79 Å². The van der Waals surface area contributed by atoms with Gasteiger partial charge in [-0.2, -0.15) is 9.50 Å². The molecule has 3 aromatic heterocycles. The summed E-state index contributed by atoms with van der Waals surface area (Å²) in [7, 11) is 0. The number of nitrogens with zero attached hydrogens (tertiary/aromatic N) is 5. The lowest BCUT2D eigenvalue weighted by Crippen LogP contribution is -2.21. The van der Waals surface area contributed by atoms with Gasteiger partial charge >= 0.3 is 0 Å². The van der Waals surface area contributed by atoms with Crippen LogP contribution in [0.3, 0.4) is 0 Å². The molecule has 2 aliphatic rings. The summed E-state index contributed by atoms with van der Waals surface area (Å²) in [5.74, 6) is 3.23. The third-order valence-corrected chi connectivity index (χ3v) is 6.08. The van der Waals surface area contributed by atoms with Gasteiger partial charge in [0, 0.05) is 18.3 Å². The van der Waals surface area contributed by atoms with Crippen LogP contribution in [0.25, 0.3) is 16.7 Å². The van der Waals surface area contributed by atoms with E-state index in [0.717, 1.165) is 35.5 Å². The maximum absolute atomic E-state index is 13.1. The Bertz CT molecular complexity index is 1320. The van der Waals surface area contributed by atoms with E-state index in [4.69, 9.17) is 14.6 Å². The van der Waals surface area contributed by atoms with Gasteiger partial charge in [-0.05, 0) is 36.6 Å². The predicted molar refractivity (Wildman–Crippen MR) is 110 cm³/mol. The number of aromatic nitrogens is 5. The zero-order valence-electron chi connectivity index (χ0n) is 16.5. The highest BCUT2D eigenvalue weighted by molar-refractivity contribution is 5.78. The van der Waals surface area contributed by atoms with Crippen LogP contribution in [-0.2, 0) is 6.54 Å². The molecule has 8 heteroatoms. The number of ether oxygens (including phenoxy) is 2. The number of pyridine rings is 1. The van der Waals surface area contributed by atoms with Gasteiger partial charge in [0.2, 0.25) is 6.79 Å². The van der Waals surface area contributed by atoms with Crippen LogP contribution in [0, 0.1) is 0 Å². The molecule has 0 spiro atoms.